The van der Waals surface area contributed by atoms with Gasteiger partial charge in [-0.1, -0.05) is 44.0 Å². The van der Waals surface area contributed by atoms with E-state index in [0.29, 0.717) is 18.4 Å². The molecule has 3 N–H and O–H groups in total. The Hall–Kier alpha value is -0.860. The van der Waals surface area contributed by atoms with Gasteiger partial charge in [0, 0.05) is 0 Å². The second kappa shape index (κ2) is 5.65. The van der Waals surface area contributed by atoms with Crippen molar-refractivity contribution in [2.75, 3.05) is 6.54 Å². The van der Waals surface area contributed by atoms with Gasteiger partial charge in [0.2, 0.25) is 0 Å². The lowest BCUT2D eigenvalue weighted by atomic mass is 9.91. The van der Waals surface area contributed by atoms with Gasteiger partial charge in [-0.2, -0.15) is 0 Å². The van der Waals surface area contributed by atoms with Gasteiger partial charge < -0.3 is 10.8 Å². The minimum atomic E-state index is -0.289. The van der Waals surface area contributed by atoms with Crippen LogP contribution in [0.15, 0.2) is 24.3 Å². The summed E-state index contributed by atoms with van der Waals surface area (Å²) in [4.78, 5) is 0. The van der Waals surface area contributed by atoms with Crippen molar-refractivity contribution in [3.63, 3.8) is 0 Å². The number of nitrogens with two attached hydrogens (primary N) is 1. The molecule has 0 bridgehead atoms. The van der Waals surface area contributed by atoms with E-state index in [1.54, 1.807) is 0 Å². The fourth-order valence-electron chi connectivity index (χ4n) is 2.73. The molecule has 1 aliphatic carbocycles. The zero-order valence-corrected chi connectivity index (χ0v) is 10.6. The standard InChI is InChI=1S/C15H23NO/c1-11(10-16)13-7-4-8-14(9-13)15(17)12-5-2-3-6-12/h4,7-9,11-12,15,17H,2-3,5-6,10,16H2,1H3. The van der Waals surface area contributed by atoms with Crippen LogP contribution in [0.2, 0.25) is 0 Å². The molecule has 0 radical (unpaired) electrons. The summed E-state index contributed by atoms with van der Waals surface area (Å²) in [6, 6.07) is 8.30. The Morgan fingerprint density at radius 2 is 1.94 bits per heavy atom. The first-order valence-corrected chi connectivity index (χ1v) is 6.70. The molecule has 1 saturated carbocycles. The summed E-state index contributed by atoms with van der Waals surface area (Å²) in [5, 5.41) is 10.4. The minimum Gasteiger partial charge on any atom is -0.388 e. The number of rotatable bonds is 4. The zero-order chi connectivity index (χ0) is 12.3. The van der Waals surface area contributed by atoms with E-state index in [0.717, 1.165) is 18.4 Å². The van der Waals surface area contributed by atoms with Crippen molar-refractivity contribution < 1.29 is 5.11 Å². The smallest absolute Gasteiger partial charge is 0.0818 e. The molecule has 2 unspecified atom stereocenters. The predicted octanol–water partition coefficient (Wildman–Crippen LogP) is 2.97. The molecule has 0 saturated heterocycles. The third-order valence-electron chi connectivity index (χ3n) is 4.02. The summed E-state index contributed by atoms with van der Waals surface area (Å²) in [5.41, 5.74) is 7.99. The molecule has 0 aliphatic heterocycles. The Morgan fingerprint density at radius 3 is 2.59 bits per heavy atom. The SMILES string of the molecule is CC(CN)c1cccc(C(O)C2CCCC2)c1. The number of hydrogen-bond acceptors (Lipinski definition) is 2. The van der Waals surface area contributed by atoms with E-state index in [1.807, 2.05) is 12.1 Å². The van der Waals surface area contributed by atoms with Crippen LogP contribution >= 0.6 is 0 Å². The van der Waals surface area contributed by atoms with E-state index >= 15 is 0 Å². The molecule has 0 heterocycles. The van der Waals surface area contributed by atoms with Gasteiger partial charge in [0.05, 0.1) is 6.10 Å². The lowest BCUT2D eigenvalue weighted by Gasteiger charge is -2.19. The Kier molecular flexibility index (Phi) is 4.19. The third-order valence-corrected chi connectivity index (χ3v) is 4.02. The summed E-state index contributed by atoms with van der Waals surface area (Å²) in [5.74, 6) is 0.823. The first kappa shape index (κ1) is 12.6. The van der Waals surface area contributed by atoms with Crippen LogP contribution in [0.5, 0.6) is 0 Å². The maximum atomic E-state index is 10.4. The van der Waals surface area contributed by atoms with E-state index in [1.165, 1.54) is 18.4 Å². The first-order valence-electron chi connectivity index (χ1n) is 6.70. The summed E-state index contributed by atoms with van der Waals surface area (Å²) in [6.45, 7) is 2.78. The summed E-state index contributed by atoms with van der Waals surface area (Å²) in [7, 11) is 0. The first-order chi connectivity index (χ1) is 8.22. The average molecular weight is 233 g/mol. The number of benzene rings is 1. The third kappa shape index (κ3) is 2.88. The zero-order valence-electron chi connectivity index (χ0n) is 10.6. The van der Waals surface area contributed by atoms with Crippen LogP contribution in [-0.2, 0) is 0 Å². The van der Waals surface area contributed by atoms with E-state index in [2.05, 4.69) is 19.1 Å². The van der Waals surface area contributed by atoms with Gasteiger partial charge in [0.25, 0.3) is 0 Å². The second-order valence-corrected chi connectivity index (χ2v) is 5.30. The van der Waals surface area contributed by atoms with Crippen LogP contribution in [0.1, 0.15) is 55.8 Å². The lowest BCUT2D eigenvalue weighted by Crippen LogP contribution is -2.12. The van der Waals surface area contributed by atoms with Crippen molar-refractivity contribution in [3.8, 4) is 0 Å². The molecule has 1 aromatic rings. The van der Waals surface area contributed by atoms with E-state index < -0.39 is 0 Å². The van der Waals surface area contributed by atoms with Gasteiger partial charge in [-0.15, -0.1) is 0 Å². The molecule has 1 fully saturated rings. The molecule has 1 aromatic carbocycles. The molecule has 2 rings (SSSR count). The van der Waals surface area contributed by atoms with Crippen LogP contribution in [0.25, 0.3) is 0 Å². The molecule has 17 heavy (non-hydrogen) atoms. The fraction of sp³-hybridized carbons (Fsp3) is 0.600. The van der Waals surface area contributed by atoms with Crippen molar-refractivity contribution in [2.24, 2.45) is 11.7 Å². The number of aliphatic hydroxyl groups excluding tert-OH is 1. The van der Waals surface area contributed by atoms with Gasteiger partial charge in [-0.05, 0) is 42.3 Å². The van der Waals surface area contributed by atoms with E-state index in [-0.39, 0.29) is 6.10 Å². The molecule has 2 nitrogen and oxygen atoms in total. The highest BCUT2D eigenvalue weighted by Crippen LogP contribution is 2.36. The second-order valence-electron chi connectivity index (χ2n) is 5.30. The highest BCUT2D eigenvalue weighted by atomic mass is 16.3. The van der Waals surface area contributed by atoms with Gasteiger partial charge in [-0.3, -0.25) is 0 Å². The maximum absolute atomic E-state index is 10.4. The van der Waals surface area contributed by atoms with Crippen molar-refractivity contribution in [2.45, 2.75) is 44.6 Å². The molecule has 0 amide bonds. The number of aliphatic hydroxyl groups is 1. The normalized spacial score (nSPS) is 20.4. The Morgan fingerprint density at radius 1 is 1.29 bits per heavy atom. The molecule has 0 aromatic heterocycles. The molecular formula is C15H23NO. The van der Waals surface area contributed by atoms with Gasteiger partial charge in [0.15, 0.2) is 0 Å². The highest BCUT2D eigenvalue weighted by Gasteiger charge is 2.24. The lowest BCUT2D eigenvalue weighted by molar-refractivity contribution is 0.111. The van der Waals surface area contributed by atoms with Gasteiger partial charge >= 0.3 is 0 Å². The van der Waals surface area contributed by atoms with Crippen LogP contribution < -0.4 is 5.73 Å². The van der Waals surface area contributed by atoms with E-state index in [4.69, 9.17) is 5.73 Å². The summed E-state index contributed by atoms with van der Waals surface area (Å²) < 4.78 is 0. The van der Waals surface area contributed by atoms with Gasteiger partial charge in [-0.25, -0.2) is 0 Å². The van der Waals surface area contributed by atoms with Crippen LogP contribution in [-0.4, -0.2) is 11.7 Å². The topological polar surface area (TPSA) is 46.2 Å². The predicted molar refractivity (Wildman–Crippen MR) is 70.8 cm³/mol. The van der Waals surface area contributed by atoms with Crippen molar-refractivity contribution in [1.82, 2.24) is 0 Å². The van der Waals surface area contributed by atoms with Crippen LogP contribution in [0.3, 0.4) is 0 Å². The largest absolute Gasteiger partial charge is 0.388 e. The fourth-order valence-corrected chi connectivity index (χ4v) is 2.73. The average Bonchev–Trinajstić information content (AvgIpc) is 2.91. The summed E-state index contributed by atoms with van der Waals surface area (Å²) >= 11 is 0. The van der Waals surface area contributed by atoms with Crippen molar-refractivity contribution >= 4 is 0 Å². The minimum absolute atomic E-state index is 0.289. The van der Waals surface area contributed by atoms with Crippen molar-refractivity contribution in [1.29, 1.82) is 0 Å². The maximum Gasteiger partial charge on any atom is 0.0818 e. The van der Waals surface area contributed by atoms with Crippen LogP contribution in [0.4, 0.5) is 0 Å². The van der Waals surface area contributed by atoms with Crippen molar-refractivity contribution in [3.05, 3.63) is 35.4 Å². The van der Waals surface area contributed by atoms with Gasteiger partial charge in [0.1, 0.15) is 0 Å². The molecule has 2 heteroatoms. The Labute approximate surface area is 104 Å². The molecule has 0 spiro atoms. The quantitative estimate of drug-likeness (QED) is 0.840. The molecule has 2 atom stereocenters. The highest BCUT2D eigenvalue weighted by molar-refractivity contribution is 5.28. The molecular weight excluding hydrogens is 210 g/mol. The Bertz CT molecular complexity index is 358. The van der Waals surface area contributed by atoms with Crippen LogP contribution in [0, 0.1) is 5.92 Å². The molecule has 1 aliphatic rings. The Balaban J connectivity index is 2.14. The molecule has 94 valence electrons. The van der Waals surface area contributed by atoms with E-state index in [9.17, 15) is 5.11 Å². The summed E-state index contributed by atoms with van der Waals surface area (Å²) in [6.07, 6.45) is 4.57. The monoisotopic (exact) mass is 233 g/mol. The number of hydrogen-bond donors (Lipinski definition) is 2.